The average molecular weight is 514 g/mol. The number of phenolic OH excluding ortho intramolecular Hbond substituents is 1. The molecule has 200 valence electrons. The van der Waals surface area contributed by atoms with Crippen molar-refractivity contribution in [2.24, 2.45) is 17.3 Å². The quantitative estimate of drug-likeness (QED) is 0.411. The fraction of sp³-hybridized carbons (Fsp3) is 0.567. The second kappa shape index (κ2) is 10.1. The number of rotatable bonds is 8. The molecule has 2 aromatic rings. The van der Waals surface area contributed by atoms with Crippen molar-refractivity contribution < 1.29 is 28.2 Å². The van der Waals surface area contributed by atoms with Gasteiger partial charge in [0.15, 0.2) is 11.5 Å². The number of ether oxygens (including phenoxy) is 2. The number of amides is 1. The molecule has 7 heteroatoms. The van der Waals surface area contributed by atoms with E-state index in [4.69, 9.17) is 9.47 Å². The zero-order valence-electron chi connectivity index (χ0n) is 21.7. The van der Waals surface area contributed by atoms with Crippen LogP contribution in [0.4, 0.5) is 8.78 Å². The van der Waals surface area contributed by atoms with Gasteiger partial charge in [0, 0.05) is 24.8 Å². The Morgan fingerprint density at radius 3 is 2.78 bits per heavy atom. The number of hydrogen-bond donors (Lipinski definition) is 2. The number of carbonyl (C=O) groups excluding carboxylic acids is 1. The summed E-state index contributed by atoms with van der Waals surface area (Å²) >= 11 is 0. The Morgan fingerprint density at radius 2 is 1.95 bits per heavy atom. The minimum absolute atomic E-state index is 0.121. The van der Waals surface area contributed by atoms with Crippen LogP contribution in [0.3, 0.4) is 0 Å². The van der Waals surface area contributed by atoms with Gasteiger partial charge in [-0.1, -0.05) is 26.0 Å². The number of aromatic hydroxyl groups is 1. The van der Waals surface area contributed by atoms with Crippen LogP contribution in [-0.4, -0.2) is 23.7 Å². The van der Waals surface area contributed by atoms with E-state index >= 15 is 8.78 Å². The molecule has 0 radical (unpaired) electrons. The van der Waals surface area contributed by atoms with E-state index in [0.29, 0.717) is 30.9 Å². The Balaban J connectivity index is 1.15. The monoisotopic (exact) mass is 513 g/mol. The van der Waals surface area contributed by atoms with E-state index in [0.717, 1.165) is 36.8 Å². The fourth-order valence-electron chi connectivity index (χ4n) is 6.69. The smallest absolute Gasteiger partial charge is 0.253 e. The van der Waals surface area contributed by atoms with Crippen molar-refractivity contribution in [1.29, 1.82) is 0 Å². The zero-order valence-corrected chi connectivity index (χ0v) is 21.7. The second-order valence-electron chi connectivity index (χ2n) is 11.4. The largest absolute Gasteiger partial charge is 0.508 e. The molecular formula is C30H37F2NO4. The molecule has 3 aliphatic rings. The molecular weight excluding hydrogens is 476 g/mol. The van der Waals surface area contributed by atoms with Gasteiger partial charge in [0.25, 0.3) is 5.92 Å². The van der Waals surface area contributed by atoms with E-state index in [1.165, 1.54) is 5.56 Å². The van der Waals surface area contributed by atoms with E-state index < -0.39 is 11.3 Å². The number of carbonyl (C=O) groups is 1. The molecule has 1 aliphatic heterocycles. The maximum Gasteiger partial charge on any atom is 0.253 e. The molecule has 5 nitrogen and oxygen atoms in total. The molecule has 2 aliphatic carbocycles. The first-order valence-corrected chi connectivity index (χ1v) is 13.5. The molecule has 2 N–H and O–H groups in total. The summed E-state index contributed by atoms with van der Waals surface area (Å²) < 4.78 is 41.6. The van der Waals surface area contributed by atoms with E-state index in [1.807, 2.05) is 37.3 Å². The number of fused-ring (bicyclic) bond motifs is 2. The van der Waals surface area contributed by atoms with Crippen LogP contribution in [0, 0.1) is 17.3 Å². The van der Waals surface area contributed by atoms with Gasteiger partial charge >= 0.3 is 0 Å². The number of nitrogens with one attached hydrogen (secondary N) is 1. The highest BCUT2D eigenvalue weighted by atomic mass is 19.3. The van der Waals surface area contributed by atoms with Crippen molar-refractivity contribution in [1.82, 2.24) is 5.32 Å². The lowest BCUT2D eigenvalue weighted by Gasteiger charge is -2.37. The maximum atomic E-state index is 15.4. The van der Waals surface area contributed by atoms with Crippen molar-refractivity contribution in [2.75, 3.05) is 6.79 Å². The number of hydrogen-bond acceptors (Lipinski definition) is 4. The van der Waals surface area contributed by atoms with Crippen LogP contribution in [0.5, 0.6) is 17.2 Å². The molecule has 1 fully saturated rings. The molecule has 5 rings (SSSR count). The van der Waals surface area contributed by atoms with Crippen LogP contribution in [-0.2, 0) is 17.8 Å². The Morgan fingerprint density at radius 1 is 1.14 bits per heavy atom. The molecule has 0 bridgehead atoms. The average Bonchev–Trinajstić information content (AvgIpc) is 3.41. The summed E-state index contributed by atoms with van der Waals surface area (Å²) in [6, 6.07) is 11.1. The highest BCUT2D eigenvalue weighted by Crippen LogP contribution is 2.60. The van der Waals surface area contributed by atoms with Crippen molar-refractivity contribution in [2.45, 2.75) is 83.6 Å². The topological polar surface area (TPSA) is 67.8 Å². The molecule has 0 unspecified atom stereocenters. The van der Waals surface area contributed by atoms with E-state index in [1.54, 1.807) is 13.0 Å². The summed E-state index contributed by atoms with van der Waals surface area (Å²) in [6.45, 7) is 4.26. The standard InChI is InChI=1S/C30H37F2NO4/c1-19-23(7-11-28(35)33-17-20-6-10-26-27(14-20)37-18-36-26)16-30(31,32)29(19,2)13-12-21-4-3-5-22-15-24(34)8-9-25(21)22/h6,8-10,14-15,19,21,23,34H,3-5,7,11-13,16-18H2,1-2H3,(H,33,35)/t19-,21-,23-,29+/m1/s1. The summed E-state index contributed by atoms with van der Waals surface area (Å²) in [6.07, 6.45) is 4.68. The summed E-state index contributed by atoms with van der Waals surface area (Å²) in [5.41, 5.74) is 2.18. The zero-order chi connectivity index (χ0) is 26.2. The van der Waals surface area contributed by atoms with Crippen LogP contribution >= 0.6 is 0 Å². The third kappa shape index (κ3) is 5.14. The molecule has 37 heavy (non-hydrogen) atoms. The third-order valence-corrected chi connectivity index (χ3v) is 9.31. The molecule has 0 saturated heterocycles. The van der Waals surface area contributed by atoms with Gasteiger partial charge in [-0.25, -0.2) is 8.78 Å². The predicted molar refractivity (Wildman–Crippen MR) is 137 cm³/mol. The minimum atomic E-state index is -2.76. The van der Waals surface area contributed by atoms with Gasteiger partial charge in [0.1, 0.15) is 5.75 Å². The Kier molecular flexibility index (Phi) is 7.08. The second-order valence-corrected chi connectivity index (χ2v) is 11.4. The molecule has 0 aromatic heterocycles. The van der Waals surface area contributed by atoms with E-state index in [-0.39, 0.29) is 49.0 Å². The van der Waals surface area contributed by atoms with Crippen LogP contribution in [0.1, 0.15) is 81.4 Å². The summed E-state index contributed by atoms with van der Waals surface area (Å²) in [4.78, 5) is 12.5. The van der Waals surface area contributed by atoms with Gasteiger partial charge < -0.3 is 19.9 Å². The number of alkyl halides is 2. The molecule has 1 amide bonds. The molecule has 2 aromatic carbocycles. The summed E-state index contributed by atoms with van der Waals surface area (Å²) in [7, 11) is 0. The lowest BCUT2D eigenvalue weighted by atomic mass is 9.69. The first-order valence-electron chi connectivity index (χ1n) is 13.5. The Bertz CT molecular complexity index is 1150. The van der Waals surface area contributed by atoms with Gasteiger partial charge in [0.05, 0.1) is 0 Å². The van der Waals surface area contributed by atoms with Crippen molar-refractivity contribution in [3.63, 3.8) is 0 Å². The first-order chi connectivity index (χ1) is 17.7. The van der Waals surface area contributed by atoms with E-state index in [9.17, 15) is 9.90 Å². The first kappa shape index (κ1) is 25.8. The number of aryl methyl sites for hydroxylation is 1. The van der Waals surface area contributed by atoms with Crippen LogP contribution < -0.4 is 14.8 Å². The van der Waals surface area contributed by atoms with Crippen LogP contribution in [0.15, 0.2) is 36.4 Å². The number of halogens is 2. The van der Waals surface area contributed by atoms with Crippen LogP contribution in [0.2, 0.25) is 0 Å². The Labute approximate surface area is 217 Å². The predicted octanol–water partition coefficient (Wildman–Crippen LogP) is 6.72. The van der Waals surface area contributed by atoms with Gasteiger partial charge in [-0.3, -0.25) is 4.79 Å². The van der Waals surface area contributed by atoms with Crippen LogP contribution in [0.25, 0.3) is 0 Å². The fourth-order valence-corrected chi connectivity index (χ4v) is 6.69. The van der Waals surface area contributed by atoms with Crippen molar-refractivity contribution in [3.05, 3.63) is 53.1 Å². The molecule has 1 saturated carbocycles. The molecule has 0 spiro atoms. The highest BCUT2D eigenvalue weighted by Gasteiger charge is 2.61. The SMILES string of the molecule is C[C@@H]1[C@H](CCC(=O)NCc2ccc3c(c2)OCO3)CC(F)(F)[C@@]1(C)CC[C@H]1CCCc2cc(O)ccc21. The molecule has 4 atom stereocenters. The highest BCUT2D eigenvalue weighted by molar-refractivity contribution is 5.75. The summed E-state index contributed by atoms with van der Waals surface area (Å²) in [5, 5.41) is 12.7. The number of benzene rings is 2. The van der Waals surface area contributed by atoms with Crippen molar-refractivity contribution in [3.8, 4) is 17.2 Å². The van der Waals surface area contributed by atoms with Gasteiger partial charge in [-0.2, -0.15) is 0 Å². The third-order valence-electron chi connectivity index (χ3n) is 9.31. The number of phenols is 1. The Hall–Kier alpha value is -2.83. The van der Waals surface area contributed by atoms with Gasteiger partial charge in [0.2, 0.25) is 12.7 Å². The van der Waals surface area contributed by atoms with Gasteiger partial charge in [-0.15, -0.1) is 0 Å². The van der Waals surface area contributed by atoms with E-state index in [2.05, 4.69) is 5.32 Å². The van der Waals surface area contributed by atoms with Crippen molar-refractivity contribution >= 4 is 5.91 Å². The molecule has 1 heterocycles. The lowest BCUT2D eigenvalue weighted by molar-refractivity contribution is -0.121. The minimum Gasteiger partial charge on any atom is -0.508 e. The summed E-state index contributed by atoms with van der Waals surface area (Å²) in [5.74, 6) is -1.35. The van der Waals surface area contributed by atoms with Gasteiger partial charge in [-0.05, 0) is 97.2 Å². The normalized spacial score (nSPS) is 27.6. The maximum absolute atomic E-state index is 15.4. The lowest BCUT2D eigenvalue weighted by Crippen LogP contribution is -2.38.